The van der Waals surface area contributed by atoms with Crippen molar-refractivity contribution in [3.63, 3.8) is 0 Å². The second-order valence-electron chi connectivity index (χ2n) is 7.79. The molecule has 2 unspecified atom stereocenters. The average Bonchev–Trinajstić information content (AvgIpc) is 3.11. The largest absolute Gasteiger partial charge is 0.481 e. The number of nitrogens with one attached hydrogen (secondary N) is 2. The van der Waals surface area contributed by atoms with Crippen molar-refractivity contribution in [2.24, 2.45) is 0 Å². The van der Waals surface area contributed by atoms with E-state index in [9.17, 15) is 19.5 Å². The van der Waals surface area contributed by atoms with Gasteiger partial charge in [0.2, 0.25) is 5.91 Å². The van der Waals surface area contributed by atoms with Gasteiger partial charge in [0.25, 0.3) is 0 Å². The van der Waals surface area contributed by atoms with Crippen molar-refractivity contribution in [2.75, 3.05) is 26.9 Å². The van der Waals surface area contributed by atoms with Crippen LogP contribution in [0.5, 0.6) is 0 Å². The third-order valence-corrected chi connectivity index (χ3v) is 5.52. The summed E-state index contributed by atoms with van der Waals surface area (Å²) in [5, 5.41) is 23.2. The second kappa shape index (κ2) is 11.4. The molecule has 0 saturated carbocycles. The first-order valence-corrected chi connectivity index (χ1v) is 10.7. The van der Waals surface area contributed by atoms with E-state index in [-0.39, 0.29) is 32.2 Å². The van der Waals surface area contributed by atoms with E-state index in [0.29, 0.717) is 0 Å². The molecule has 0 spiro atoms. The molecule has 0 aromatic heterocycles. The minimum absolute atomic E-state index is 0.0398. The van der Waals surface area contributed by atoms with Crippen molar-refractivity contribution < 1.29 is 34.1 Å². The van der Waals surface area contributed by atoms with E-state index < -0.39 is 36.5 Å². The molecule has 176 valence electrons. The van der Waals surface area contributed by atoms with Crippen LogP contribution >= 0.6 is 0 Å². The molecule has 4 N–H and O–H groups in total. The number of carboxylic acids is 1. The minimum Gasteiger partial charge on any atom is -0.481 e. The molecule has 1 aliphatic carbocycles. The van der Waals surface area contributed by atoms with E-state index >= 15 is 0 Å². The molecule has 2 aromatic rings. The number of amides is 2. The average molecular weight is 456 g/mol. The first-order valence-electron chi connectivity index (χ1n) is 10.7. The van der Waals surface area contributed by atoms with Crippen molar-refractivity contribution in [1.82, 2.24) is 10.6 Å². The van der Waals surface area contributed by atoms with Gasteiger partial charge in [0.15, 0.2) is 0 Å². The highest BCUT2D eigenvalue weighted by molar-refractivity contribution is 5.89. The molecule has 0 heterocycles. The number of aliphatic carboxylic acids is 1. The number of hydrogen-bond donors (Lipinski definition) is 4. The topological polar surface area (TPSA) is 134 Å². The molecule has 3 rings (SSSR count). The summed E-state index contributed by atoms with van der Waals surface area (Å²) in [5.41, 5.74) is 4.24. The maximum absolute atomic E-state index is 12.6. The molecule has 0 radical (unpaired) electrons. The van der Waals surface area contributed by atoms with Gasteiger partial charge < -0.3 is 30.3 Å². The number of fused-ring (bicyclic) bond motifs is 3. The van der Waals surface area contributed by atoms with Crippen LogP contribution in [0.2, 0.25) is 0 Å². The Bertz CT molecular complexity index is 943. The Morgan fingerprint density at radius 3 is 2.15 bits per heavy atom. The molecular weight excluding hydrogens is 428 g/mol. The first-order chi connectivity index (χ1) is 15.9. The van der Waals surface area contributed by atoms with Gasteiger partial charge in [-0.15, -0.1) is 0 Å². The molecule has 0 fully saturated rings. The Kier molecular flexibility index (Phi) is 8.39. The second-order valence-corrected chi connectivity index (χ2v) is 7.79. The van der Waals surface area contributed by atoms with Gasteiger partial charge in [-0.2, -0.15) is 0 Å². The summed E-state index contributed by atoms with van der Waals surface area (Å²) in [6.45, 7) is -0.00711. The lowest BCUT2D eigenvalue weighted by Gasteiger charge is -2.22. The molecule has 2 atom stereocenters. The predicted octanol–water partition coefficient (Wildman–Crippen LogP) is 1.88. The number of methoxy groups -OCH3 is 1. The van der Waals surface area contributed by atoms with Gasteiger partial charge >= 0.3 is 12.1 Å². The fraction of sp³-hybridized carbons (Fsp3) is 0.375. The van der Waals surface area contributed by atoms with Crippen LogP contribution in [0.4, 0.5) is 4.79 Å². The number of carbonyl (C=O) groups is 3. The smallest absolute Gasteiger partial charge is 0.407 e. The number of rotatable bonds is 11. The van der Waals surface area contributed by atoms with Gasteiger partial charge in [0.05, 0.1) is 19.1 Å². The highest BCUT2D eigenvalue weighted by atomic mass is 16.5. The Morgan fingerprint density at radius 1 is 1.00 bits per heavy atom. The standard InChI is InChI=1S/C24H28N2O7/c1-32-13-15(10-11-27)25-23(30)21(12-22(28)29)26-24(31)33-14-20-18-8-4-2-6-16(18)17-7-3-5-9-19(17)20/h2-9,15,20-21,27H,10-14H2,1H3,(H,25,30)(H,26,31)(H,28,29). The Balaban J connectivity index is 1.65. The maximum atomic E-state index is 12.6. The molecular formula is C24H28N2O7. The van der Waals surface area contributed by atoms with Crippen molar-refractivity contribution in [1.29, 1.82) is 0 Å². The van der Waals surface area contributed by atoms with Crippen molar-refractivity contribution in [3.05, 3.63) is 59.7 Å². The monoisotopic (exact) mass is 456 g/mol. The van der Waals surface area contributed by atoms with Crippen LogP contribution < -0.4 is 10.6 Å². The van der Waals surface area contributed by atoms with Crippen LogP contribution in [-0.2, 0) is 19.1 Å². The molecule has 9 nitrogen and oxygen atoms in total. The normalized spacial score (nSPS) is 14.0. The van der Waals surface area contributed by atoms with Crippen LogP contribution in [0.3, 0.4) is 0 Å². The van der Waals surface area contributed by atoms with Crippen LogP contribution in [0.25, 0.3) is 11.1 Å². The van der Waals surface area contributed by atoms with Gasteiger partial charge in [-0.1, -0.05) is 48.5 Å². The van der Waals surface area contributed by atoms with Crippen molar-refractivity contribution >= 4 is 18.0 Å². The SMILES string of the molecule is COCC(CCO)NC(=O)C(CC(=O)O)NC(=O)OCC1c2ccccc2-c2ccccc21. The van der Waals surface area contributed by atoms with Gasteiger partial charge in [-0.3, -0.25) is 9.59 Å². The zero-order valence-corrected chi connectivity index (χ0v) is 18.3. The number of carbonyl (C=O) groups excluding carboxylic acids is 2. The number of benzene rings is 2. The summed E-state index contributed by atoms with van der Waals surface area (Å²) < 4.78 is 10.4. The quantitative estimate of drug-likeness (QED) is 0.406. The van der Waals surface area contributed by atoms with Crippen molar-refractivity contribution in [3.8, 4) is 11.1 Å². The lowest BCUT2D eigenvalue weighted by Crippen LogP contribution is -2.51. The lowest BCUT2D eigenvalue weighted by atomic mass is 9.98. The number of carboxylic acid groups (broad SMARTS) is 1. The third kappa shape index (κ3) is 6.09. The molecule has 0 bridgehead atoms. The van der Waals surface area contributed by atoms with E-state index in [1.807, 2.05) is 48.5 Å². The summed E-state index contributed by atoms with van der Waals surface area (Å²) in [5.74, 6) is -2.11. The zero-order valence-electron chi connectivity index (χ0n) is 18.3. The molecule has 9 heteroatoms. The molecule has 0 aliphatic heterocycles. The number of aliphatic hydroxyl groups excluding tert-OH is 1. The first kappa shape index (κ1) is 24.2. The number of ether oxygens (including phenoxy) is 2. The van der Waals surface area contributed by atoms with Crippen LogP contribution in [0.1, 0.15) is 29.9 Å². The Hall–Kier alpha value is -3.43. The number of alkyl carbamates (subject to hydrolysis) is 1. The summed E-state index contributed by atoms with van der Waals surface area (Å²) in [4.78, 5) is 36.3. The van der Waals surface area contributed by atoms with E-state index in [1.54, 1.807) is 0 Å². The summed E-state index contributed by atoms with van der Waals surface area (Å²) >= 11 is 0. The Morgan fingerprint density at radius 2 is 1.61 bits per heavy atom. The molecule has 33 heavy (non-hydrogen) atoms. The zero-order chi connectivity index (χ0) is 23.8. The summed E-state index contributed by atoms with van der Waals surface area (Å²) in [6.07, 6.45) is -1.28. The van der Waals surface area contributed by atoms with Crippen LogP contribution in [0.15, 0.2) is 48.5 Å². The highest BCUT2D eigenvalue weighted by Gasteiger charge is 2.30. The van der Waals surface area contributed by atoms with Gasteiger partial charge in [0.1, 0.15) is 12.6 Å². The number of hydrogen-bond acceptors (Lipinski definition) is 6. The minimum atomic E-state index is -1.34. The lowest BCUT2D eigenvalue weighted by molar-refractivity contribution is -0.140. The molecule has 2 amide bonds. The van der Waals surface area contributed by atoms with Gasteiger partial charge in [0, 0.05) is 19.6 Å². The molecule has 2 aromatic carbocycles. The van der Waals surface area contributed by atoms with E-state index in [0.717, 1.165) is 22.3 Å². The van der Waals surface area contributed by atoms with Crippen LogP contribution in [-0.4, -0.2) is 67.2 Å². The highest BCUT2D eigenvalue weighted by Crippen LogP contribution is 2.44. The molecule has 1 aliphatic rings. The van der Waals surface area contributed by atoms with E-state index in [2.05, 4.69) is 10.6 Å². The van der Waals surface area contributed by atoms with Crippen LogP contribution in [0, 0.1) is 0 Å². The molecule has 0 saturated heterocycles. The summed E-state index contributed by atoms with van der Waals surface area (Å²) in [7, 11) is 1.44. The fourth-order valence-electron chi connectivity index (χ4n) is 4.02. The van der Waals surface area contributed by atoms with Gasteiger partial charge in [-0.05, 0) is 28.7 Å². The van der Waals surface area contributed by atoms with Crippen molar-refractivity contribution in [2.45, 2.75) is 30.8 Å². The maximum Gasteiger partial charge on any atom is 0.407 e. The number of aliphatic hydroxyl groups is 1. The van der Waals surface area contributed by atoms with E-state index in [4.69, 9.17) is 14.6 Å². The fourth-order valence-corrected chi connectivity index (χ4v) is 4.02. The van der Waals surface area contributed by atoms with E-state index in [1.165, 1.54) is 7.11 Å². The third-order valence-electron chi connectivity index (χ3n) is 5.52. The summed E-state index contributed by atoms with van der Waals surface area (Å²) in [6, 6.07) is 13.9. The Labute approximate surface area is 191 Å². The van der Waals surface area contributed by atoms with Gasteiger partial charge in [-0.25, -0.2) is 4.79 Å². The predicted molar refractivity (Wildman–Crippen MR) is 120 cm³/mol.